The normalized spacial score (nSPS) is 13.4. The van der Waals surface area contributed by atoms with Crippen LogP contribution in [0.2, 0.25) is 0 Å². The molecule has 1 aliphatic rings. The smallest absolute Gasteiger partial charge is 0.226 e. The summed E-state index contributed by atoms with van der Waals surface area (Å²) in [5.41, 5.74) is 8.51. The Kier molecular flexibility index (Phi) is 2.44. The van der Waals surface area contributed by atoms with E-state index >= 15 is 0 Å². The largest absolute Gasteiger partial charge is 0.382 e. The summed E-state index contributed by atoms with van der Waals surface area (Å²) in [6.07, 6.45) is 1.64. The van der Waals surface area contributed by atoms with Gasteiger partial charge in [0, 0.05) is 19.3 Å². The molecule has 18 heavy (non-hydrogen) atoms. The summed E-state index contributed by atoms with van der Waals surface area (Å²) in [6, 6.07) is 9.95. The quantitative estimate of drug-likeness (QED) is 0.611. The van der Waals surface area contributed by atoms with Gasteiger partial charge in [0.1, 0.15) is 11.5 Å². The topological polar surface area (TPSA) is 78.9 Å². The number of amidine groups is 1. The number of nitrogens with one attached hydrogen (secondary N) is 1. The van der Waals surface area contributed by atoms with E-state index in [4.69, 9.17) is 11.1 Å². The molecule has 5 nitrogen and oxygen atoms in total. The fraction of sp³-hybridized carbons (Fsp3) is 0.154. The summed E-state index contributed by atoms with van der Waals surface area (Å²) in [6.45, 7) is 1.61. The first-order valence-corrected chi connectivity index (χ1v) is 5.73. The van der Waals surface area contributed by atoms with Crippen LogP contribution in [0.3, 0.4) is 0 Å². The molecule has 5 heteroatoms. The van der Waals surface area contributed by atoms with Crippen LogP contribution in [-0.4, -0.2) is 15.8 Å². The van der Waals surface area contributed by atoms with Crippen LogP contribution in [0, 0.1) is 5.41 Å². The summed E-state index contributed by atoms with van der Waals surface area (Å²) in [5, 5.41) is 7.40. The first-order chi connectivity index (χ1) is 8.74. The molecule has 1 aliphatic heterocycles. The number of aromatic nitrogens is 2. The van der Waals surface area contributed by atoms with Crippen molar-refractivity contribution in [2.75, 3.05) is 4.90 Å². The second-order valence-electron chi connectivity index (χ2n) is 4.28. The summed E-state index contributed by atoms with van der Waals surface area (Å²) < 4.78 is 0. The van der Waals surface area contributed by atoms with Crippen molar-refractivity contribution in [1.82, 2.24) is 9.97 Å². The number of anilines is 1. The van der Waals surface area contributed by atoms with Gasteiger partial charge in [-0.2, -0.15) is 0 Å². The van der Waals surface area contributed by atoms with Crippen molar-refractivity contribution >= 4 is 11.8 Å². The summed E-state index contributed by atoms with van der Waals surface area (Å²) in [5.74, 6) is 0.592. The molecule has 0 radical (unpaired) electrons. The molecule has 0 amide bonds. The first-order valence-electron chi connectivity index (χ1n) is 5.73. The highest BCUT2D eigenvalue weighted by Crippen LogP contribution is 2.25. The lowest BCUT2D eigenvalue weighted by atomic mass is 10.1. The van der Waals surface area contributed by atoms with Gasteiger partial charge in [-0.1, -0.05) is 24.3 Å². The van der Waals surface area contributed by atoms with Crippen molar-refractivity contribution < 1.29 is 0 Å². The van der Waals surface area contributed by atoms with Crippen LogP contribution in [0.15, 0.2) is 36.5 Å². The van der Waals surface area contributed by atoms with Crippen LogP contribution in [0.5, 0.6) is 0 Å². The van der Waals surface area contributed by atoms with Gasteiger partial charge in [-0.25, -0.2) is 9.97 Å². The van der Waals surface area contributed by atoms with Crippen LogP contribution < -0.4 is 10.6 Å². The molecule has 3 N–H and O–H groups in total. The minimum Gasteiger partial charge on any atom is -0.382 e. The Hall–Kier alpha value is -2.43. The summed E-state index contributed by atoms with van der Waals surface area (Å²) in [7, 11) is 0. The SMILES string of the molecule is N=C(N)c1ccnc(N2Cc3ccccc3C2)n1. The third-order valence-corrected chi connectivity index (χ3v) is 3.04. The van der Waals surface area contributed by atoms with E-state index in [9.17, 15) is 0 Å². The third kappa shape index (κ3) is 1.79. The number of fused-ring (bicyclic) bond motifs is 1. The maximum Gasteiger partial charge on any atom is 0.226 e. The molecule has 0 unspecified atom stereocenters. The van der Waals surface area contributed by atoms with E-state index in [1.54, 1.807) is 12.3 Å². The number of benzene rings is 1. The van der Waals surface area contributed by atoms with Gasteiger partial charge in [-0.05, 0) is 17.2 Å². The number of nitrogen functional groups attached to an aromatic ring is 1. The monoisotopic (exact) mass is 239 g/mol. The van der Waals surface area contributed by atoms with Crippen LogP contribution in [-0.2, 0) is 13.1 Å². The standard InChI is InChI=1S/C13H13N5/c14-12(15)11-5-6-16-13(17-11)18-7-9-3-1-2-4-10(9)8-18/h1-6H,7-8H2,(H3,14,15). The molecule has 2 aromatic rings. The van der Waals surface area contributed by atoms with E-state index in [1.165, 1.54) is 11.1 Å². The second-order valence-corrected chi connectivity index (χ2v) is 4.28. The lowest BCUT2D eigenvalue weighted by Crippen LogP contribution is -2.20. The van der Waals surface area contributed by atoms with Crippen molar-refractivity contribution in [2.24, 2.45) is 5.73 Å². The molecule has 0 saturated carbocycles. The molecule has 0 bridgehead atoms. The lowest BCUT2D eigenvalue weighted by molar-refractivity contribution is 0.826. The predicted molar refractivity (Wildman–Crippen MR) is 69.4 cm³/mol. The Balaban J connectivity index is 1.90. The van der Waals surface area contributed by atoms with Gasteiger partial charge in [-0.15, -0.1) is 0 Å². The second kappa shape index (κ2) is 4.10. The number of hydrogen-bond acceptors (Lipinski definition) is 4. The van der Waals surface area contributed by atoms with E-state index < -0.39 is 0 Å². The van der Waals surface area contributed by atoms with Gasteiger partial charge in [0.05, 0.1) is 0 Å². The van der Waals surface area contributed by atoms with Crippen LogP contribution in [0.25, 0.3) is 0 Å². The highest BCUT2D eigenvalue weighted by Gasteiger charge is 2.20. The maximum atomic E-state index is 7.40. The molecule has 0 aliphatic carbocycles. The average Bonchev–Trinajstić information content (AvgIpc) is 2.82. The molecule has 0 saturated heterocycles. The number of hydrogen-bond donors (Lipinski definition) is 2. The highest BCUT2D eigenvalue weighted by atomic mass is 15.3. The van der Waals surface area contributed by atoms with Crippen molar-refractivity contribution in [3.63, 3.8) is 0 Å². The van der Waals surface area contributed by atoms with E-state index in [0.29, 0.717) is 11.6 Å². The lowest BCUT2D eigenvalue weighted by Gasteiger charge is -2.15. The van der Waals surface area contributed by atoms with Gasteiger partial charge in [-0.3, -0.25) is 5.41 Å². The zero-order valence-corrected chi connectivity index (χ0v) is 9.80. The van der Waals surface area contributed by atoms with Crippen molar-refractivity contribution in [3.8, 4) is 0 Å². The summed E-state index contributed by atoms with van der Waals surface area (Å²) >= 11 is 0. The number of nitrogens with zero attached hydrogens (tertiary/aromatic N) is 3. The minimum absolute atomic E-state index is 0.0321. The molecule has 3 rings (SSSR count). The van der Waals surface area contributed by atoms with E-state index in [-0.39, 0.29) is 5.84 Å². The molecule has 0 spiro atoms. The Bertz CT molecular complexity index is 583. The average molecular weight is 239 g/mol. The molecule has 0 fully saturated rings. The van der Waals surface area contributed by atoms with Gasteiger partial charge < -0.3 is 10.6 Å². The molecule has 2 heterocycles. The van der Waals surface area contributed by atoms with Crippen LogP contribution >= 0.6 is 0 Å². The number of rotatable bonds is 2. The van der Waals surface area contributed by atoms with E-state index in [0.717, 1.165) is 13.1 Å². The van der Waals surface area contributed by atoms with Gasteiger partial charge in [0.2, 0.25) is 5.95 Å². The van der Waals surface area contributed by atoms with Gasteiger partial charge in [0.15, 0.2) is 0 Å². The Labute approximate surface area is 105 Å². The predicted octanol–water partition coefficient (Wildman–Crippen LogP) is 1.28. The molecular formula is C13H13N5. The molecular weight excluding hydrogens is 226 g/mol. The minimum atomic E-state index is -0.0321. The fourth-order valence-electron chi connectivity index (χ4n) is 2.13. The third-order valence-electron chi connectivity index (χ3n) is 3.04. The maximum absolute atomic E-state index is 7.40. The molecule has 1 aromatic heterocycles. The zero-order chi connectivity index (χ0) is 12.5. The van der Waals surface area contributed by atoms with Crippen molar-refractivity contribution in [2.45, 2.75) is 13.1 Å². The molecule has 0 atom stereocenters. The first kappa shape index (κ1) is 10.7. The van der Waals surface area contributed by atoms with Crippen molar-refractivity contribution in [3.05, 3.63) is 53.3 Å². The van der Waals surface area contributed by atoms with Gasteiger partial charge >= 0.3 is 0 Å². The van der Waals surface area contributed by atoms with Crippen LogP contribution in [0.4, 0.5) is 5.95 Å². The Morgan fingerprint density at radius 1 is 1.17 bits per heavy atom. The summed E-state index contributed by atoms with van der Waals surface area (Å²) in [4.78, 5) is 10.6. The highest BCUT2D eigenvalue weighted by molar-refractivity contribution is 5.93. The Morgan fingerprint density at radius 2 is 1.83 bits per heavy atom. The van der Waals surface area contributed by atoms with E-state index in [1.807, 2.05) is 12.1 Å². The Morgan fingerprint density at radius 3 is 2.44 bits per heavy atom. The van der Waals surface area contributed by atoms with Crippen LogP contribution in [0.1, 0.15) is 16.8 Å². The molecule has 90 valence electrons. The zero-order valence-electron chi connectivity index (χ0n) is 9.80. The van der Waals surface area contributed by atoms with Crippen molar-refractivity contribution in [1.29, 1.82) is 5.41 Å². The van der Waals surface area contributed by atoms with E-state index in [2.05, 4.69) is 27.0 Å². The number of nitrogens with two attached hydrogens (primary N) is 1. The van der Waals surface area contributed by atoms with Gasteiger partial charge in [0.25, 0.3) is 0 Å². The fourth-order valence-corrected chi connectivity index (χ4v) is 2.13. The molecule has 1 aromatic carbocycles.